The third-order valence-electron chi connectivity index (χ3n) is 6.49. The van der Waals surface area contributed by atoms with Crippen LogP contribution in [0.3, 0.4) is 0 Å². The summed E-state index contributed by atoms with van der Waals surface area (Å²) in [7, 11) is -3.35. The lowest BCUT2D eigenvalue weighted by Gasteiger charge is -2.39. The number of hydrogen-bond donors (Lipinski definition) is 2. The molecule has 6 nitrogen and oxygen atoms in total. The summed E-state index contributed by atoms with van der Waals surface area (Å²) in [6.07, 6.45) is 1.88. The zero-order valence-electron chi connectivity index (χ0n) is 17.8. The van der Waals surface area contributed by atoms with Gasteiger partial charge in [0.1, 0.15) is 5.82 Å². The highest BCUT2D eigenvalue weighted by Gasteiger charge is 2.37. The molecule has 31 heavy (non-hydrogen) atoms. The van der Waals surface area contributed by atoms with Crippen LogP contribution in [0.4, 0.5) is 10.1 Å². The van der Waals surface area contributed by atoms with E-state index in [9.17, 15) is 23.0 Å². The smallest absolute Gasteiger partial charge is 0.232 e. The Bertz CT molecular complexity index is 1070. The van der Waals surface area contributed by atoms with Crippen molar-refractivity contribution < 1.29 is 23.0 Å². The Labute approximate surface area is 183 Å². The van der Waals surface area contributed by atoms with Gasteiger partial charge in [0, 0.05) is 31.2 Å². The minimum atomic E-state index is -3.35. The molecule has 0 amide bonds. The number of fused-ring (bicyclic) bond motifs is 1. The number of β-amino-alcohol motifs (C(OH)–C–C–N with tert-alkyl or cyclic N) is 1. The SMILES string of the molecule is C[C@@H]1Cc2cc([C@@H](O)CN3CCC(O)(c4ccccc4F)CC3)ccc2N1S(C)(=O)=O. The van der Waals surface area contributed by atoms with Gasteiger partial charge in [0.15, 0.2) is 0 Å². The molecular formula is C23H29FN2O4S. The Morgan fingerprint density at radius 3 is 2.52 bits per heavy atom. The molecule has 8 heteroatoms. The molecule has 0 radical (unpaired) electrons. The Morgan fingerprint density at radius 2 is 1.87 bits per heavy atom. The lowest BCUT2D eigenvalue weighted by molar-refractivity contribution is -0.0367. The van der Waals surface area contributed by atoms with Gasteiger partial charge >= 0.3 is 0 Å². The number of likely N-dealkylation sites (tertiary alicyclic amines) is 1. The van der Waals surface area contributed by atoms with Crippen LogP contribution in [0.5, 0.6) is 0 Å². The summed E-state index contributed by atoms with van der Waals surface area (Å²) in [6.45, 7) is 3.37. The van der Waals surface area contributed by atoms with E-state index in [1.165, 1.54) is 16.6 Å². The van der Waals surface area contributed by atoms with Crippen LogP contribution in [-0.2, 0) is 22.0 Å². The summed E-state index contributed by atoms with van der Waals surface area (Å²) in [5.74, 6) is -0.394. The molecule has 0 unspecified atom stereocenters. The molecular weight excluding hydrogens is 419 g/mol. The summed E-state index contributed by atoms with van der Waals surface area (Å²) in [6, 6.07) is 11.6. The van der Waals surface area contributed by atoms with Crippen LogP contribution in [0.1, 0.15) is 42.6 Å². The van der Waals surface area contributed by atoms with Crippen LogP contribution in [0, 0.1) is 5.82 Å². The van der Waals surface area contributed by atoms with E-state index in [2.05, 4.69) is 4.90 Å². The number of aliphatic hydroxyl groups is 2. The number of hydrogen-bond acceptors (Lipinski definition) is 5. The van der Waals surface area contributed by atoms with E-state index in [1.54, 1.807) is 30.3 Å². The molecule has 2 aromatic rings. The van der Waals surface area contributed by atoms with Crippen molar-refractivity contribution in [2.45, 2.75) is 43.9 Å². The summed E-state index contributed by atoms with van der Waals surface area (Å²) in [4.78, 5) is 2.07. The van der Waals surface area contributed by atoms with E-state index in [1.807, 2.05) is 13.0 Å². The van der Waals surface area contributed by atoms with E-state index in [0.717, 1.165) is 11.1 Å². The van der Waals surface area contributed by atoms with Crippen molar-refractivity contribution in [3.63, 3.8) is 0 Å². The molecule has 2 N–H and O–H groups in total. The molecule has 0 bridgehead atoms. The summed E-state index contributed by atoms with van der Waals surface area (Å²) < 4.78 is 39.7. The van der Waals surface area contributed by atoms with Crippen LogP contribution in [0.25, 0.3) is 0 Å². The predicted molar refractivity (Wildman–Crippen MR) is 118 cm³/mol. The maximum atomic E-state index is 14.1. The van der Waals surface area contributed by atoms with Gasteiger partial charge < -0.3 is 15.1 Å². The minimum Gasteiger partial charge on any atom is -0.387 e. The highest BCUT2D eigenvalue weighted by atomic mass is 32.2. The summed E-state index contributed by atoms with van der Waals surface area (Å²) >= 11 is 0. The number of sulfonamides is 1. The van der Waals surface area contributed by atoms with Crippen LogP contribution < -0.4 is 4.31 Å². The highest BCUT2D eigenvalue weighted by molar-refractivity contribution is 7.92. The van der Waals surface area contributed by atoms with Crippen molar-refractivity contribution in [1.82, 2.24) is 4.90 Å². The molecule has 2 atom stereocenters. The monoisotopic (exact) mass is 448 g/mol. The molecule has 1 fully saturated rings. The topological polar surface area (TPSA) is 81.1 Å². The molecule has 1 saturated heterocycles. The molecule has 2 aliphatic rings. The van der Waals surface area contributed by atoms with Crippen LogP contribution in [-0.4, -0.2) is 55.5 Å². The fourth-order valence-corrected chi connectivity index (χ4v) is 6.16. The number of piperidine rings is 1. The van der Waals surface area contributed by atoms with Gasteiger partial charge in [0.2, 0.25) is 10.0 Å². The van der Waals surface area contributed by atoms with Gasteiger partial charge in [0.05, 0.1) is 23.6 Å². The molecule has 0 aromatic heterocycles. The first-order valence-corrected chi connectivity index (χ1v) is 12.4. The average molecular weight is 449 g/mol. The third kappa shape index (κ3) is 4.35. The second-order valence-corrected chi connectivity index (χ2v) is 10.7. The fraction of sp³-hybridized carbons (Fsp3) is 0.478. The van der Waals surface area contributed by atoms with Crippen molar-refractivity contribution in [3.05, 3.63) is 65.0 Å². The quantitative estimate of drug-likeness (QED) is 0.735. The van der Waals surface area contributed by atoms with E-state index in [0.29, 0.717) is 50.1 Å². The van der Waals surface area contributed by atoms with Crippen molar-refractivity contribution >= 4 is 15.7 Å². The number of halogens is 1. The average Bonchev–Trinajstić information content (AvgIpc) is 3.05. The molecule has 0 spiro atoms. The van der Waals surface area contributed by atoms with Gasteiger partial charge in [0.25, 0.3) is 0 Å². The first kappa shape index (κ1) is 22.2. The van der Waals surface area contributed by atoms with Crippen LogP contribution in [0.15, 0.2) is 42.5 Å². The lowest BCUT2D eigenvalue weighted by Crippen LogP contribution is -2.44. The second kappa shape index (κ2) is 8.16. The second-order valence-electron chi connectivity index (χ2n) is 8.83. The fourth-order valence-electron chi connectivity index (χ4n) is 4.90. The van der Waals surface area contributed by atoms with Gasteiger partial charge in [-0.1, -0.05) is 30.3 Å². The minimum absolute atomic E-state index is 0.143. The Morgan fingerprint density at radius 1 is 1.19 bits per heavy atom. The molecule has 2 aromatic carbocycles. The van der Waals surface area contributed by atoms with Crippen molar-refractivity contribution in [1.29, 1.82) is 0 Å². The number of aliphatic hydroxyl groups excluding tert-OH is 1. The standard InChI is InChI=1S/C23H29FN2O4S/c1-16-13-18-14-17(7-8-21(18)26(16)31(2,29)30)22(27)15-25-11-9-23(28,10-12-25)19-5-3-4-6-20(19)24/h3-8,14,16,22,27-28H,9-13,15H2,1-2H3/t16-,22+/m1/s1. The van der Waals surface area contributed by atoms with E-state index < -0.39 is 27.5 Å². The largest absolute Gasteiger partial charge is 0.387 e. The zero-order chi connectivity index (χ0) is 22.4. The van der Waals surface area contributed by atoms with Gasteiger partial charge in [-0.15, -0.1) is 0 Å². The van der Waals surface area contributed by atoms with E-state index in [4.69, 9.17) is 0 Å². The van der Waals surface area contributed by atoms with Gasteiger partial charge in [-0.05, 0) is 49.4 Å². The molecule has 2 aliphatic heterocycles. The predicted octanol–water partition coefficient (Wildman–Crippen LogP) is 2.55. The first-order valence-electron chi connectivity index (χ1n) is 10.6. The van der Waals surface area contributed by atoms with E-state index in [-0.39, 0.29) is 6.04 Å². The van der Waals surface area contributed by atoms with Crippen LogP contribution >= 0.6 is 0 Å². The van der Waals surface area contributed by atoms with Crippen molar-refractivity contribution in [3.8, 4) is 0 Å². The molecule has 0 saturated carbocycles. The first-order chi connectivity index (χ1) is 14.6. The maximum Gasteiger partial charge on any atom is 0.232 e. The Kier molecular flexibility index (Phi) is 5.85. The molecule has 0 aliphatic carbocycles. The normalized spacial score (nSPS) is 22.4. The van der Waals surface area contributed by atoms with E-state index >= 15 is 0 Å². The van der Waals surface area contributed by atoms with Crippen molar-refractivity contribution in [2.75, 3.05) is 30.2 Å². The maximum absolute atomic E-state index is 14.1. The molecule has 2 heterocycles. The van der Waals surface area contributed by atoms with Crippen molar-refractivity contribution in [2.24, 2.45) is 0 Å². The van der Waals surface area contributed by atoms with Gasteiger partial charge in [-0.3, -0.25) is 4.31 Å². The lowest BCUT2D eigenvalue weighted by atomic mass is 9.84. The number of anilines is 1. The number of benzene rings is 2. The van der Waals surface area contributed by atoms with Gasteiger partial charge in [-0.2, -0.15) is 0 Å². The summed E-state index contributed by atoms with van der Waals surface area (Å²) in [5.41, 5.74) is 1.49. The van der Waals surface area contributed by atoms with Gasteiger partial charge in [-0.25, -0.2) is 12.8 Å². The van der Waals surface area contributed by atoms with Crippen LogP contribution in [0.2, 0.25) is 0 Å². The summed E-state index contributed by atoms with van der Waals surface area (Å²) in [5, 5.41) is 21.7. The molecule has 168 valence electrons. The molecule has 4 rings (SSSR count). The Balaban J connectivity index is 1.42. The number of rotatable bonds is 5. The number of nitrogens with zero attached hydrogens (tertiary/aromatic N) is 2. The Hall–Kier alpha value is -2.00. The third-order valence-corrected chi connectivity index (χ3v) is 7.76. The highest BCUT2D eigenvalue weighted by Crippen LogP contribution is 2.37. The zero-order valence-corrected chi connectivity index (χ0v) is 18.6.